The van der Waals surface area contributed by atoms with Gasteiger partial charge in [0.15, 0.2) is 11.5 Å². The van der Waals surface area contributed by atoms with Gasteiger partial charge < -0.3 is 18.9 Å². The zero-order valence-corrected chi connectivity index (χ0v) is 16.2. The molecule has 0 N–H and O–H groups in total. The van der Waals surface area contributed by atoms with Gasteiger partial charge in [0.2, 0.25) is 5.75 Å². The van der Waals surface area contributed by atoms with Crippen LogP contribution in [0.25, 0.3) is 6.08 Å². The van der Waals surface area contributed by atoms with Gasteiger partial charge in [0, 0.05) is 6.08 Å². The lowest BCUT2D eigenvalue weighted by Gasteiger charge is -2.13. The van der Waals surface area contributed by atoms with Gasteiger partial charge in [-0.25, -0.2) is 4.79 Å². The zero-order chi connectivity index (χ0) is 19.6. The number of hydrogen-bond donors (Lipinski definition) is 0. The normalized spacial score (nSPS) is 11.9. The molecule has 27 heavy (non-hydrogen) atoms. The van der Waals surface area contributed by atoms with Crippen LogP contribution < -0.4 is 14.2 Å². The molecule has 5 heteroatoms. The third kappa shape index (κ3) is 6.06. The van der Waals surface area contributed by atoms with E-state index in [4.69, 9.17) is 18.9 Å². The van der Waals surface area contributed by atoms with E-state index in [1.165, 1.54) is 11.6 Å². The molecular weight excluding hydrogens is 344 g/mol. The van der Waals surface area contributed by atoms with Gasteiger partial charge in [-0.2, -0.15) is 0 Å². The van der Waals surface area contributed by atoms with Gasteiger partial charge in [-0.3, -0.25) is 0 Å². The van der Waals surface area contributed by atoms with Gasteiger partial charge in [-0.15, -0.1) is 0 Å². The van der Waals surface area contributed by atoms with Crippen LogP contribution in [-0.2, 0) is 16.0 Å². The quantitative estimate of drug-likeness (QED) is 0.487. The third-order valence-electron chi connectivity index (χ3n) is 4.10. The lowest BCUT2D eigenvalue weighted by Crippen LogP contribution is -2.13. The maximum Gasteiger partial charge on any atom is 0.331 e. The first kappa shape index (κ1) is 20.4. The predicted molar refractivity (Wildman–Crippen MR) is 105 cm³/mol. The highest BCUT2D eigenvalue weighted by atomic mass is 16.5. The second kappa shape index (κ2) is 10.3. The highest BCUT2D eigenvalue weighted by Gasteiger charge is 2.12. The van der Waals surface area contributed by atoms with Crippen molar-refractivity contribution in [1.29, 1.82) is 0 Å². The Balaban J connectivity index is 1.95. The van der Waals surface area contributed by atoms with Crippen LogP contribution in [0.15, 0.2) is 48.5 Å². The summed E-state index contributed by atoms with van der Waals surface area (Å²) in [5.74, 6) is 1.18. The molecule has 1 unspecified atom stereocenters. The topological polar surface area (TPSA) is 54.0 Å². The minimum Gasteiger partial charge on any atom is -0.493 e. The van der Waals surface area contributed by atoms with E-state index in [1.54, 1.807) is 39.5 Å². The molecule has 0 fully saturated rings. The van der Waals surface area contributed by atoms with Crippen LogP contribution in [0.2, 0.25) is 0 Å². The summed E-state index contributed by atoms with van der Waals surface area (Å²) in [5, 5.41) is 0. The maximum atomic E-state index is 12.1. The Morgan fingerprint density at radius 3 is 2.19 bits per heavy atom. The molecule has 144 valence electrons. The third-order valence-corrected chi connectivity index (χ3v) is 4.10. The number of esters is 1. The molecule has 1 atom stereocenters. The van der Waals surface area contributed by atoms with Crippen LogP contribution in [0.3, 0.4) is 0 Å². The first-order chi connectivity index (χ1) is 13.1. The minimum atomic E-state index is -0.385. The number of rotatable bonds is 9. The first-order valence-electron chi connectivity index (χ1n) is 8.80. The molecule has 0 aliphatic rings. The maximum absolute atomic E-state index is 12.1. The van der Waals surface area contributed by atoms with E-state index in [0.717, 1.165) is 18.4 Å². The summed E-state index contributed by atoms with van der Waals surface area (Å²) in [6.45, 7) is 1.90. The van der Waals surface area contributed by atoms with Gasteiger partial charge in [0.1, 0.15) is 0 Å². The Morgan fingerprint density at radius 1 is 1.00 bits per heavy atom. The summed E-state index contributed by atoms with van der Waals surface area (Å²) in [4.78, 5) is 12.1. The van der Waals surface area contributed by atoms with Crippen molar-refractivity contribution in [3.63, 3.8) is 0 Å². The number of carbonyl (C=O) groups is 1. The monoisotopic (exact) mass is 370 g/mol. The summed E-state index contributed by atoms with van der Waals surface area (Å²) < 4.78 is 21.3. The molecule has 0 saturated heterocycles. The van der Waals surface area contributed by atoms with Gasteiger partial charge in [0.25, 0.3) is 0 Å². The fourth-order valence-electron chi connectivity index (χ4n) is 2.67. The molecular formula is C22H26O5. The predicted octanol–water partition coefficient (Wildman–Crippen LogP) is 4.29. The van der Waals surface area contributed by atoms with Crippen LogP contribution in [-0.4, -0.2) is 33.4 Å². The van der Waals surface area contributed by atoms with Crippen molar-refractivity contribution in [2.24, 2.45) is 0 Å². The molecule has 0 saturated carbocycles. The Morgan fingerprint density at radius 2 is 1.63 bits per heavy atom. The van der Waals surface area contributed by atoms with Crippen LogP contribution in [0.5, 0.6) is 17.2 Å². The van der Waals surface area contributed by atoms with E-state index in [1.807, 2.05) is 25.1 Å². The lowest BCUT2D eigenvalue weighted by molar-refractivity contribution is -0.142. The summed E-state index contributed by atoms with van der Waals surface area (Å²) in [6, 6.07) is 13.7. The first-order valence-corrected chi connectivity index (χ1v) is 8.80. The van der Waals surface area contributed by atoms with E-state index in [2.05, 4.69) is 12.1 Å². The van der Waals surface area contributed by atoms with Crippen LogP contribution in [0.1, 0.15) is 24.5 Å². The Bertz CT molecular complexity index is 743. The fourth-order valence-corrected chi connectivity index (χ4v) is 2.67. The average molecular weight is 370 g/mol. The number of benzene rings is 2. The van der Waals surface area contributed by atoms with E-state index < -0.39 is 0 Å². The van der Waals surface area contributed by atoms with Gasteiger partial charge in [0.05, 0.1) is 27.4 Å². The smallest absolute Gasteiger partial charge is 0.331 e. The van der Waals surface area contributed by atoms with Crippen LogP contribution in [0.4, 0.5) is 0 Å². The Labute approximate surface area is 160 Å². The summed E-state index contributed by atoms with van der Waals surface area (Å²) in [7, 11) is 4.64. The second-order valence-corrected chi connectivity index (χ2v) is 6.06. The summed E-state index contributed by atoms with van der Waals surface area (Å²) in [5.41, 5.74) is 1.98. The Hall–Kier alpha value is -2.95. The van der Waals surface area contributed by atoms with Gasteiger partial charge in [-0.05, 0) is 49.1 Å². The number of ether oxygens (including phenoxy) is 4. The molecule has 0 aromatic heterocycles. The van der Waals surface area contributed by atoms with E-state index >= 15 is 0 Å². The molecule has 0 aliphatic carbocycles. The Kier molecular flexibility index (Phi) is 7.74. The summed E-state index contributed by atoms with van der Waals surface area (Å²) in [6.07, 6.45) is 4.54. The molecule has 0 radical (unpaired) electrons. The minimum absolute atomic E-state index is 0.165. The van der Waals surface area contributed by atoms with Crippen molar-refractivity contribution in [2.75, 3.05) is 21.3 Å². The fraction of sp³-hybridized carbons (Fsp3) is 0.318. The summed E-state index contributed by atoms with van der Waals surface area (Å²) >= 11 is 0. The number of carbonyl (C=O) groups excluding carboxylic acids is 1. The molecule has 0 bridgehead atoms. The molecule has 5 nitrogen and oxygen atoms in total. The van der Waals surface area contributed by atoms with Crippen molar-refractivity contribution >= 4 is 12.0 Å². The van der Waals surface area contributed by atoms with E-state index in [9.17, 15) is 4.79 Å². The highest BCUT2D eigenvalue weighted by molar-refractivity contribution is 5.87. The van der Waals surface area contributed by atoms with Crippen molar-refractivity contribution in [1.82, 2.24) is 0 Å². The van der Waals surface area contributed by atoms with Gasteiger partial charge >= 0.3 is 5.97 Å². The van der Waals surface area contributed by atoms with Crippen LogP contribution in [0, 0.1) is 0 Å². The largest absolute Gasteiger partial charge is 0.493 e. The molecule has 0 spiro atoms. The van der Waals surface area contributed by atoms with Crippen LogP contribution >= 0.6 is 0 Å². The van der Waals surface area contributed by atoms with E-state index in [0.29, 0.717) is 17.2 Å². The van der Waals surface area contributed by atoms with Crippen molar-refractivity contribution in [2.45, 2.75) is 25.9 Å². The second-order valence-electron chi connectivity index (χ2n) is 6.06. The molecule has 0 amide bonds. The van der Waals surface area contributed by atoms with Crippen molar-refractivity contribution < 1.29 is 23.7 Å². The number of hydrogen-bond acceptors (Lipinski definition) is 5. The standard InChI is InChI=1S/C22H26O5/c1-16(10-11-17-8-6-5-7-9-17)27-21(23)13-12-18-14-19(24-2)22(26-4)20(15-18)25-3/h5-9,12-16H,10-11H2,1-4H3/b13-12+. The van der Waals surface area contributed by atoms with Gasteiger partial charge in [-0.1, -0.05) is 30.3 Å². The highest BCUT2D eigenvalue weighted by Crippen LogP contribution is 2.38. The zero-order valence-electron chi connectivity index (χ0n) is 16.2. The molecule has 0 heterocycles. The van der Waals surface area contributed by atoms with Crippen molar-refractivity contribution in [3.8, 4) is 17.2 Å². The number of methoxy groups -OCH3 is 3. The number of aryl methyl sites for hydroxylation is 1. The van der Waals surface area contributed by atoms with Crippen molar-refractivity contribution in [3.05, 3.63) is 59.7 Å². The average Bonchev–Trinajstić information content (AvgIpc) is 2.70. The SMILES string of the molecule is COc1cc(/C=C/C(=O)OC(C)CCc2ccccc2)cc(OC)c1OC. The molecule has 2 aromatic rings. The molecule has 0 aliphatic heterocycles. The molecule has 2 aromatic carbocycles. The van der Waals surface area contributed by atoms with E-state index in [-0.39, 0.29) is 12.1 Å². The molecule has 2 rings (SSSR count). The lowest BCUT2D eigenvalue weighted by atomic mass is 10.1.